The van der Waals surface area contributed by atoms with Crippen LogP contribution in [-0.4, -0.2) is 38.2 Å². The summed E-state index contributed by atoms with van der Waals surface area (Å²) in [5, 5.41) is 10.1. The maximum atomic E-state index is 12.7. The number of hydrogen-bond acceptors (Lipinski definition) is 3. The molecule has 2 unspecified atom stereocenters. The average Bonchev–Trinajstić information content (AvgIpc) is 3.05. The fourth-order valence-electron chi connectivity index (χ4n) is 3.32. The van der Waals surface area contributed by atoms with Gasteiger partial charge in [0, 0.05) is 43.1 Å². The molecule has 1 aliphatic rings. The number of aryl methyl sites for hydroxylation is 2. The van der Waals surface area contributed by atoms with Gasteiger partial charge in [-0.25, -0.2) is 0 Å². The first-order chi connectivity index (χ1) is 11.4. The Morgan fingerprint density at radius 2 is 2.17 bits per heavy atom. The van der Waals surface area contributed by atoms with E-state index < -0.39 is 0 Å². The van der Waals surface area contributed by atoms with Gasteiger partial charge in [-0.1, -0.05) is 0 Å². The molecule has 2 atom stereocenters. The highest BCUT2D eigenvalue weighted by Gasteiger charge is 2.28. The van der Waals surface area contributed by atoms with Crippen LogP contribution in [-0.2, 0) is 11.8 Å². The van der Waals surface area contributed by atoms with E-state index in [1.165, 1.54) is 0 Å². The number of amides is 2. The molecular weight excluding hydrogens is 306 g/mol. The molecule has 0 spiro atoms. The summed E-state index contributed by atoms with van der Waals surface area (Å²) in [5.74, 6) is -0.0611. The van der Waals surface area contributed by atoms with Crippen LogP contribution < -0.4 is 10.6 Å². The van der Waals surface area contributed by atoms with Gasteiger partial charge in [-0.15, -0.1) is 0 Å². The molecule has 3 rings (SSSR count). The summed E-state index contributed by atoms with van der Waals surface area (Å²) in [7, 11) is 1.87. The van der Waals surface area contributed by atoms with Crippen molar-refractivity contribution in [2.45, 2.75) is 45.7 Å². The molecule has 0 bridgehead atoms. The standard InChI is InChI=1S/C17H23N5O2/c1-10-7-14(12(3)22(10)13-8-18-21(4)9-13)17(24)20-15-5-6-16(23)19-11(15)2/h7-9,11,15H,5-6H2,1-4H3,(H,19,23)(H,20,24). The molecule has 2 aromatic rings. The first-order valence-corrected chi connectivity index (χ1v) is 8.15. The van der Waals surface area contributed by atoms with Crippen molar-refractivity contribution < 1.29 is 9.59 Å². The number of rotatable bonds is 3. The molecule has 0 aromatic carbocycles. The fourth-order valence-corrected chi connectivity index (χ4v) is 3.32. The quantitative estimate of drug-likeness (QED) is 0.888. The summed E-state index contributed by atoms with van der Waals surface area (Å²) in [4.78, 5) is 24.1. The molecule has 0 radical (unpaired) electrons. The van der Waals surface area contributed by atoms with E-state index in [1.54, 1.807) is 10.9 Å². The van der Waals surface area contributed by atoms with Gasteiger partial charge in [-0.2, -0.15) is 5.10 Å². The summed E-state index contributed by atoms with van der Waals surface area (Å²) in [5.41, 5.74) is 3.45. The van der Waals surface area contributed by atoms with Crippen molar-refractivity contribution in [1.29, 1.82) is 0 Å². The van der Waals surface area contributed by atoms with Crippen LogP contribution in [0.2, 0.25) is 0 Å². The number of aromatic nitrogens is 3. The zero-order valence-corrected chi connectivity index (χ0v) is 14.5. The van der Waals surface area contributed by atoms with E-state index in [-0.39, 0.29) is 23.9 Å². The van der Waals surface area contributed by atoms with E-state index in [4.69, 9.17) is 0 Å². The summed E-state index contributed by atoms with van der Waals surface area (Å²) in [6, 6.07) is 1.79. The first kappa shape index (κ1) is 16.3. The molecule has 2 amide bonds. The molecule has 24 heavy (non-hydrogen) atoms. The zero-order chi connectivity index (χ0) is 17.4. The van der Waals surface area contributed by atoms with Crippen LogP contribution in [0, 0.1) is 13.8 Å². The van der Waals surface area contributed by atoms with Crippen molar-refractivity contribution >= 4 is 11.8 Å². The molecule has 0 aliphatic carbocycles. The monoisotopic (exact) mass is 329 g/mol. The lowest BCUT2D eigenvalue weighted by atomic mass is 9.99. The predicted molar refractivity (Wildman–Crippen MR) is 90.1 cm³/mol. The largest absolute Gasteiger partial charge is 0.352 e. The summed E-state index contributed by atoms with van der Waals surface area (Å²) in [6.45, 7) is 5.82. The zero-order valence-electron chi connectivity index (χ0n) is 14.5. The van der Waals surface area contributed by atoms with Crippen LogP contribution in [0.3, 0.4) is 0 Å². The molecule has 0 saturated carbocycles. The number of nitrogens with one attached hydrogen (secondary N) is 2. The second kappa shape index (κ2) is 6.14. The highest BCUT2D eigenvalue weighted by atomic mass is 16.2. The van der Waals surface area contributed by atoms with Crippen LogP contribution in [0.25, 0.3) is 5.69 Å². The van der Waals surface area contributed by atoms with Crippen molar-refractivity contribution in [3.63, 3.8) is 0 Å². The Kier molecular flexibility index (Phi) is 4.17. The van der Waals surface area contributed by atoms with Gasteiger partial charge in [-0.3, -0.25) is 14.3 Å². The van der Waals surface area contributed by atoms with Gasteiger partial charge in [0.15, 0.2) is 0 Å². The Morgan fingerprint density at radius 3 is 2.79 bits per heavy atom. The van der Waals surface area contributed by atoms with E-state index in [0.717, 1.165) is 17.1 Å². The van der Waals surface area contributed by atoms with Crippen molar-refractivity contribution in [2.75, 3.05) is 0 Å². The smallest absolute Gasteiger partial charge is 0.253 e. The molecule has 7 nitrogen and oxygen atoms in total. The van der Waals surface area contributed by atoms with Crippen molar-refractivity contribution in [1.82, 2.24) is 25.0 Å². The van der Waals surface area contributed by atoms with Crippen molar-refractivity contribution in [3.05, 3.63) is 35.4 Å². The van der Waals surface area contributed by atoms with Gasteiger partial charge in [0.05, 0.1) is 17.4 Å². The minimum atomic E-state index is -0.105. The number of hydrogen-bond donors (Lipinski definition) is 2. The molecule has 1 saturated heterocycles. The maximum absolute atomic E-state index is 12.7. The number of nitrogens with zero attached hydrogens (tertiary/aromatic N) is 3. The molecule has 2 N–H and O–H groups in total. The Hall–Kier alpha value is -2.57. The van der Waals surface area contributed by atoms with Crippen LogP contribution in [0.5, 0.6) is 0 Å². The van der Waals surface area contributed by atoms with Gasteiger partial charge in [0.1, 0.15) is 0 Å². The normalized spacial score (nSPS) is 20.8. The van der Waals surface area contributed by atoms with Crippen LogP contribution in [0.15, 0.2) is 18.5 Å². The van der Waals surface area contributed by atoms with Crippen LogP contribution in [0.1, 0.15) is 41.5 Å². The maximum Gasteiger partial charge on any atom is 0.253 e. The first-order valence-electron chi connectivity index (χ1n) is 8.15. The summed E-state index contributed by atoms with van der Waals surface area (Å²) >= 11 is 0. The third-order valence-corrected chi connectivity index (χ3v) is 4.62. The number of carbonyl (C=O) groups excluding carboxylic acids is 2. The van der Waals surface area contributed by atoms with Crippen molar-refractivity contribution in [2.24, 2.45) is 7.05 Å². The molecule has 3 heterocycles. The minimum absolute atomic E-state index is 0.0442. The van der Waals surface area contributed by atoms with E-state index >= 15 is 0 Å². The highest BCUT2D eigenvalue weighted by Crippen LogP contribution is 2.21. The predicted octanol–water partition coefficient (Wildman–Crippen LogP) is 1.22. The second-order valence-electron chi connectivity index (χ2n) is 6.47. The van der Waals surface area contributed by atoms with Gasteiger partial charge >= 0.3 is 0 Å². The van der Waals surface area contributed by atoms with Gasteiger partial charge in [0.25, 0.3) is 5.91 Å². The van der Waals surface area contributed by atoms with E-state index in [9.17, 15) is 9.59 Å². The Morgan fingerprint density at radius 1 is 1.42 bits per heavy atom. The number of piperidine rings is 1. The molecule has 2 aromatic heterocycles. The van der Waals surface area contributed by atoms with Gasteiger partial charge in [0.2, 0.25) is 5.91 Å². The average molecular weight is 329 g/mol. The summed E-state index contributed by atoms with van der Waals surface area (Å²) in [6.07, 6.45) is 4.81. The lowest BCUT2D eigenvalue weighted by Crippen LogP contribution is -2.54. The molecule has 1 fully saturated rings. The summed E-state index contributed by atoms with van der Waals surface area (Å²) < 4.78 is 3.76. The minimum Gasteiger partial charge on any atom is -0.352 e. The topological polar surface area (TPSA) is 81.0 Å². The second-order valence-corrected chi connectivity index (χ2v) is 6.47. The van der Waals surface area contributed by atoms with Crippen LogP contribution in [0.4, 0.5) is 0 Å². The van der Waals surface area contributed by atoms with E-state index in [0.29, 0.717) is 18.4 Å². The lowest BCUT2D eigenvalue weighted by molar-refractivity contribution is -0.123. The third-order valence-electron chi connectivity index (χ3n) is 4.62. The third kappa shape index (κ3) is 2.93. The van der Waals surface area contributed by atoms with E-state index in [2.05, 4.69) is 15.7 Å². The van der Waals surface area contributed by atoms with Crippen molar-refractivity contribution in [3.8, 4) is 5.69 Å². The lowest BCUT2D eigenvalue weighted by Gasteiger charge is -2.30. The SMILES string of the molecule is Cc1cc(C(=O)NC2CCC(=O)NC2C)c(C)n1-c1cnn(C)c1. The van der Waals surface area contributed by atoms with Gasteiger partial charge in [-0.05, 0) is 33.3 Å². The molecular formula is C17H23N5O2. The molecule has 1 aliphatic heterocycles. The Labute approximate surface area is 141 Å². The Balaban J connectivity index is 1.82. The Bertz CT molecular complexity index is 789. The highest BCUT2D eigenvalue weighted by molar-refractivity contribution is 5.96. The van der Waals surface area contributed by atoms with Gasteiger partial charge < -0.3 is 15.2 Å². The molecule has 128 valence electrons. The van der Waals surface area contributed by atoms with E-state index in [1.807, 2.05) is 44.6 Å². The number of carbonyl (C=O) groups is 2. The van der Waals surface area contributed by atoms with Crippen LogP contribution >= 0.6 is 0 Å². The fraction of sp³-hybridized carbons (Fsp3) is 0.471. The molecule has 7 heteroatoms.